The van der Waals surface area contributed by atoms with E-state index in [1.807, 2.05) is 0 Å². The van der Waals surface area contributed by atoms with Crippen molar-refractivity contribution in [1.82, 2.24) is 0 Å². The van der Waals surface area contributed by atoms with E-state index in [2.05, 4.69) is 0 Å². The van der Waals surface area contributed by atoms with Crippen molar-refractivity contribution in [3.63, 3.8) is 0 Å². The van der Waals surface area contributed by atoms with Crippen LogP contribution >= 0.6 is 10.0 Å². The zero-order valence-electron chi connectivity index (χ0n) is 13.4. The summed E-state index contributed by atoms with van der Waals surface area (Å²) in [7, 11) is -2.51. The van der Waals surface area contributed by atoms with E-state index in [9.17, 15) is 26.3 Å². The third-order valence-corrected chi connectivity index (χ3v) is 7.68. The average molecular weight is 386 g/mol. The van der Waals surface area contributed by atoms with Crippen LogP contribution in [-0.2, 0) is 0 Å². The maximum atomic E-state index is 13.8. The fraction of sp³-hybridized carbons (Fsp3) is 0.0526. The van der Waals surface area contributed by atoms with Gasteiger partial charge in [0.1, 0.15) is 0 Å². The Morgan fingerprint density at radius 1 is 0.462 bits per heavy atom. The van der Waals surface area contributed by atoms with Gasteiger partial charge < -0.3 is 0 Å². The fourth-order valence-corrected chi connectivity index (χ4v) is 5.46. The monoisotopic (exact) mass is 386 g/mol. The molecule has 0 bridgehead atoms. The van der Waals surface area contributed by atoms with Crippen molar-refractivity contribution in [3.8, 4) is 0 Å². The summed E-state index contributed by atoms with van der Waals surface area (Å²) in [6.07, 6.45) is 1.58. The third-order valence-electron chi connectivity index (χ3n) is 4.09. The van der Waals surface area contributed by atoms with E-state index in [0.29, 0.717) is 0 Å². The lowest BCUT2D eigenvalue weighted by Crippen LogP contribution is -2.05. The van der Waals surface area contributed by atoms with E-state index in [-0.39, 0.29) is 14.7 Å². The molecule has 0 atom stereocenters. The molecule has 0 nitrogen and oxygen atoms in total. The van der Waals surface area contributed by atoms with Gasteiger partial charge >= 0.3 is 0 Å². The minimum atomic E-state index is -2.51. The Labute approximate surface area is 147 Å². The highest BCUT2D eigenvalue weighted by Gasteiger charge is 2.29. The van der Waals surface area contributed by atoms with Crippen LogP contribution in [0.25, 0.3) is 0 Å². The quantitative estimate of drug-likeness (QED) is 0.455. The predicted molar refractivity (Wildman–Crippen MR) is 87.4 cm³/mol. The highest BCUT2D eigenvalue weighted by Crippen LogP contribution is 2.65. The van der Waals surface area contributed by atoms with E-state index < -0.39 is 44.9 Å². The average Bonchev–Trinajstić information content (AvgIpc) is 2.61. The smallest absolute Gasteiger partial charge is 0.159 e. The molecule has 0 saturated heterocycles. The zero-order valence-corrected chi connectivity index (χ0v) is 14.2. The molecule has 3 aromatic carbocycles. The first kappa shape index (κ1) is 18.4. The van der Waals surface area contributed by atoms with Crippen molar-refractivity contribution in [2.75, 3.05) is 6.26 Å². The van der Waals surface area contributed by atoms with Crippen LogP contribution < -0.4 is 0 Å². The SMILES string of the molecule is CS(c1ccc(F)c(F)c1)(c1ccc(F)c(F)c1)c1ccc(F)c(F)c1. The second kappa shape index (κ2) is 6.72. The number of hydrogen-bond acceptors (Lipinski definition) is 0. The van der Waals surface area contributed by atoms with Crippen LogP contribution in [0.3, 0.4) is 0 Å². The Balaban J connectivity index is 2.31. The first-order valence-corrected chi connectivity index (χ1v) is 9.41. The Kier molecular flexibility index (Phi) is 4.75. The van der Waals surface area contributed by atoms with E-state index >= 15 is 0 Å². The first-order valence-electron chi connectivity index (χ1n) is 7.37. The minimum Gasteiger partial charge on any atom is -0.204 e. The summed E-state index contributed by atoms with van der Waals surface area (Å²) < 4.78 is 81.4. The Morgan fingerprint density at radius 2 is 0.731 bits per heavy atom. The molecule has 0 aromatic heterocycles. The van der Waals surface area contributed by atoms with Gasteiger partial charge in [-0.3, -0.25) is 0 Å². The molecule has 0 saturated carbocycles. The molecule has 0 radical (unpaired) electrons. The summed E-state index contributed by atoms with van der Waals surface area (Å²) in [5.41, 5.74) is 0. The molecule has 0 unspecified atom stereocenters. The maximum absolute atomic E-state index is 13.8. The van der Waals surface area contributed by atoms with E-state index in [1.54, 1.807) is 6.26 Å². The molecule has 136 valence electrons. The first-order chi connectivity index (χ1) is 12.2. The molecule has 0 heterocycles. The number of hydrogen-bond donors (Lipinski definition) is 0. The summed E-state index contributed by atoms with van der Waals surface area (Å²) in [5, 5.41) is 0. The highest BCUT2D eigenvalue weighted by molar-refractivity contribution is 8.33. The van der Waals surface area contributed by atoms with Gasteiger partial charge in [0.05, 0.1) is 0 Å². The Hall–Kier alpha value is -2.41. The Bertz CT molecular complexity index is 861. The lowest BCUT2D eigenvalue weighted by Gasteiger charge is -2.37. The van der Waals surface area contributed by atoms with Gasteiger partial charge in [0, 0.05) is 14.7 Å². The molecule has 26 heavy (non-hydrogen) atoms. The van der Waals surface area contributed by atoms with Crippen LogP contribution in [0, 0.1) is 34.9 Å². The van der Waals surface area contributed by atoms with Crippen LogP contribution in [0.1, 0.15) is 0 Å². The molecule has 7 heteroatoms. The summed E-state index contributed by atoms with van der Waals surface area (Å²) in [6.45, 7) is 0. The van der Waals surface area contributed by atoms with Crippen molar-refractivity contribution < 1.29 is 26.3 Å². The number of benzene rings is 3. The molecular weight excluding hydrogens is 374 g/mol. The predicted octanol–water partition coefficient (Wildman–Crippen LogP) is 6.43. The molecule has 0 aliphatic rings. The highest BCUT2D eigenvalue weighted by atomic mass is 32.3. The van der Waals surface area contributed by atoms with Gasteiger partial charge in [-0.15, -0.1) is 0 Å². The van der Waals surface area contributed by atoms with Crippen LogP contribution in [0.2, 0.25) is 0 Å². The van der Waals surface area contributed by atoms with Crippen LogP contribution in [0.4, 0.5) is 26.3 Å². The summed E-state index contributed by atoms with van der Waals surface area (Å²) in [6, 6.07) is 9.33. The molecule has 0 spiro atoms. The molecule has 0 fully saturated rings. The maximum Gasteiger partial charge on any atom is 0.159 e. The van der Waals surface area contributed by atoms with E-state index in [0.717, 1.165) is 36.4 Å². The standard InChI is InChI=1S/C19H12F6S/c1-26(11-2-5-14(20)17(23)8-11,12-3-6-15(21)18(24)9-12)13-4-7-16(22)19(25)10-13/h2-10H,1H3. The summed E-state index contributed by atoms with van der Waals surface area (Å²) in [5.74, 6) is -6.63. The van der Waals surface area contributed by atoms with E-state index in [4.69, 9.17) is 0 Å². The molecule has 0 aliphatic heterocycles. The van der Waals surface area contributed by atoms with Gasteiger partial charge in [-0.1, -0.05) is 0 Å². The van der Waals surface area contributed by atoms with Gasteiger partial charge in [-0.05, 0) is 60.9 Å². The molecule has 3 rings (SSSR count). The van der Waals surface area contributed by atoms with Crippen LogP contribution in [0.5, 0.6) is 0 Å². The van der Waals surface area contributed by atoms with Crippen LogP contribution in [0.15, 0.2) is 69.3 Å². The summed E-state index contributed by atoms with van der Waals surface area (Å²) >= 11 is 0. The van der Waals surface area contributed by atoms with Crippen molar-refractivity contribution in [1.29, 1.82) is 0 Å². The third kappa shape index (κ3) is 3.07. The second-order valence-electron chi connectivity index (χ2n) is 5.65. The van der Waals surface area contributed by atoms with Gasteiger partial charge in [0.2, 0.25) is 0 Å². The van der Waals surface area contributed by atoms with Gasteiger partial charge in [-0.25, -0.2) is 26.3 Å². The lowest BCUT2D eigenvalue weighted by atomic mass is 10.3. The fourth-order valence-electron chi connectivity index (χ4n) is 2.60. The Morgan fingerprint density at radius 3 is 0.962 bits per heavy atom. The normalized spacial score (nSPS) is 12.3. The second-order valence-corrected chi connectivity index (χ2v) is 8.90. The zero-order chi connectivity index (χ0) is 19.1. The number of halogens is 6. The van der Waals surface area contributed by atoms with Gasteiger partial charge in [0.15, 0.2) is 34.9 Å². The van der Waals surface area contributed by atoms with Crippen molar-refractivity contribution in [3.05, 3.63) is 89.5 Å². The largest absolute Gasteiger partial charge is 0.204 e. The van der Waals surface area contributed by atoms with E-state index in [1.165, 1.54) is 18.2 Å². The van der Waals surface area contributed by atoms with Crippen molar-refractivity contribution in [2.45, 2.75) is 14.7 Å². The molecule has 0 N–H and O–H groups in total. The molecule has 3 aromatic rings. The van der Waals surface area contributed by atoms with Crippen molar-refractivity contribution >= 4 is 10.0 Å². The number of rotatable bonds is 3. The van der Waals surface area contributed by atoms with Crippen LogP contribution in [-0.4, -0.2) is 6.26 Å². The minimum absolute atomic E-state index is 0.244. The topological polar surface area (TPSA) is 0 Å². The van der Waals surface area contributed by atoms with Crippen molar-refractivity contribution in [2.24, 2.45) is 0 Å². The molecule has 0 aliphatic carbocycles. The lowest BCUT2D eigenvalue weighted by molar-refractivity contribution is 0.504. The molecule has 0 amide bonds. The molecular formula is C19H12F6S. The van der Waals surface area contributed by atoms with Gasteiger partial charge in [0.25, 0.3) is 0 Å². The van der Waals surface area contributed by atoms with Gasteiger partial charge in [-0.2, -0.15) is 10.0 Å². The summed E-state index contributed by atoms with van der Waals surface area (Å²) in [4.78, 5) is 0.732.